The first-order valence-corrected chi connectivity index (χ1v) is 11.1. The number of anilines is 2. The molecule has 0 amide bonds. The van der Waals surface area contributed by atoms with Gasteiger partial charge in [-0.1, -0.05) is 30.3 Å². The molecule has 180 valence electrons. The van der Waals surface area contributed by atoms with Crippen LogP contribution >= 0.6 is 0 Å². The van der Waals surface area contributed by atoms with Crippen LogP contribution in [0.25, 0.3) is 22.5 Å². The molecule has 34 heavy (non-hydrogen) atoms. The van der Waals surface area contributed by atoms with Crippen molar-refractivity contribution in [3.05, 3.63) is 58.4 Å². The molecule has 0 spiro atoms. The minimum Gasteiger partial charge on any atom is -0.493 e. The Morgan fingerprint density at radius 1 is 1.12 bits per heavy atom. The smallest absolute Gasteiger partial charge is 0.311 e. The third-order valence-corrected chi connectivity index (χ3v) is 5.36. The molecule has 3 rings (SSSR count). The number of hydrogen-bond donors (Lipinski definition) is 4. The van der Waals surface area contributed by atoms with Gasteiger partial charge in [0.05, 0.1) is 24.2 Å². The Morgan fingerprint density at radius 2 is 1.85 bits per heavy atom. The van der Waals surface area contributed by atoms with Gasteiger partial charge in [0.1, 0.15) is 17.3 Å². The fraction of sp³-hybridized carbons (Fsp3) is 0.320. The number of hydrazine groups is 1. The normalized spacial score (nSPS) is 11.2. The molecular formula is C25H31N5O4. The van der Waals surface area contributed by atoms with Gasteiger partial charge in [-0.15, -0.1) is 0 Å². The fourth-order valence-electron chi connectivity index (χ4n) is 3.66. The van der Waals surface area contributed by atoms with Crippen molar-refractivity contribution in [2.45, 2.75) is 34.1 Å². The number of H-pyrrole nitrogens is 1. The molecule has 0 saturated carbocycles. The van der Waals surface area contributed by atoms with Gasteiger partial charge < -0.3 is 25.6 Å². The Morgan fingerprint density at radius 3 is 2.53 bits per heavy atom. The molecular weight excluding hydrogens is 434 g/mol. The van der Waals surface area contributed by atoms with Crippen LogP contribution in [0.15, 0.2) is 47.3 Å². The SMILES string of the molecule is CCOC(=O)C(C)(C)Cc1cccc(-c2ccc(-c3nc(NN)c(N)c(=O)[nH]3)c(OCC)c2)c1. The number of esters is 1. The molecule has 0 aliphatic rings. The van der Waals surface area contributed by atoms with Gasteiger partial charge in [0.15, 0.2) is 5.82 Å². The minimum atomic E-state index is -0.642. The van der Waals surface area contributed by atoms with Crippen molar-refractivity contribution in [1.29, 1.82) is 0 Å². The summed E-state index contributed by atoms with van der Waals surface area (Å²) in [5, 5.41) is 0. The molecule has 6 N–H and O–H groups in total. The topological polar surface area (TPSA) is 145 Å². The largest absolute Gasteiger partial charge is 0.493 e. The summed E-state index contributed by atoms with van der Waals surface area (Å²) >= 11 is 0. The number of benzene rings is 2. The number of hydrogen-bond acceptors (Lipinski definition) is 8. The van der Waals surface area contributed by atoms with Crippen molar-refractivity contribution >= 4 is 17.5 Å². The van der Waals surface area contributed by atoms with E-state index in [0.717, 1.165) is 16.7 Å². The van der Waals surface area contributed by atoms with Crippen LogP contribution in [0.4, 0.5) is 11.5 Å². The second kappa shape index (κ2) is 10.4. The lowest BCUT2D eigenvalue weighted by Crippen LogP contribution is -2.29. The molecule has 0 unspecified atom stereocenters. The molecule has 1 aromatic heterocycles. The first-order valence-electron chi connectivity index (χ1n) is 11.1. The van der Waals surface area contributed by atoms with Crippen LogP contribution in [0, 0.1) is 5.41 Å². The highest BCUT2D eigenvalue weighted by Gasteiger charge is 2.29. The Bertz CT molecular complexity index is 1240. The zero-order valence-electron chi connectivity index (χ0n) is 19.9. The standard InChI is InChI=1S/C25H31N5O4/c1-5-33-19-13-17(10-11-18(19)21-28-22(30-27)20(26)23(31)29-21)16-9-7-8-15(12-16)14-25(3,4)24(32)34-6-2/h7-13H,5-6,14,26-27H2,1-4H3,(H2,28,29,30,31). The highest BCUT2D eigenvalue weighted by molar-refractivity contribution is 5.77. The molecule has 0 saturated heterocycles. The average Bonchev–Trinajstić information content (AvgIpc) is 2.81. The van der Waals surface area contributed by atoms with Crippen LogP contribution in [-0.2, 0) is 16.0 Å². The van der Waals surface area contributed by atoms with Crippen molar-refractivity contribution in [3.8, 4) is 28.3 Å². The van der Waals surface area contributed by atoms with E-state index in [0.29, 0.717) is 30.9 Å². The summed E-state index contributed by atoms with van der Waals surface area (Å²) in [4.78, 5) is 31.5. The number of nitrogens with one attached hydrogen (secondary N) is 2. The first kappa shape index (κ1) is 24.8. The second-order valence-corrected chi connectivity index (χ2v) is 8.45. The van der Waals surface area contributed by atoms with Crippen LogP contribution in [0.1, 0.15) is 33.3 Å². The maximum atomic E-state index is 12.3. The third-order valence-electron chi connectivity index (χ3n) is 5.36. The van der Waals surface area contributed by atoms with Crippen LogP contribution in [-0.4, -0.2) is 29.2 Å². The van der Waals surface area contributed by atoms with Gasteiger partial charge in [-0.05, 0) is 62.9 Å². The summed E-state index contributed by atoms with van der Waals surface area (Å²) in [5.41, 5.74) is 10.3. The predicted molar refractivity (Wildman–Crippen MR) is 133 cm³/mol. The van der Waals surface area contributed by atoms with Crippen LogP contribution in [0.3, 0.4) is 0 Å². The lowest BCUT2D eigenvalue weighted by Gasteiger charge is -2.22. The number of nitrogens with two attached hydrogens (primary N) is 2. The van der Waals surface area contributed by atoms with E-state index in [1.165, 1.54) is 0 Å². The molecule has 0 fully saturated rings. The van der Waals surface area contributed by atoms with Crippen molar-refractivity contribution in [1.82, 2.24) is 9.97 Å². The summed E-state index contributed by atoms with van der Waals surface area (Å²) in [5.74, 6) is 6.15. The highest BCUT2D eigenvalue weighted by Crippen LogP contribution is 2.34. The zero-order chi connectivity index (χ0) is 24.9. The quantitative estimate of drug-likeness (QED) is 0.213. The average molecular weight is 466 g/mol. The third kappa shape index (κ3) is 5.37. The fourth-order valence-corrected chi connectivity index (χ4v) is 3.66. The number of aromatic nitrogens is 2. The number of nitrogens with zero attached hydrogens (tertiary/aromatic N) is 1. The van der Waals surface area contributed by atoms with Crippen molar-refractivity contribution in [2.24, 2.45) is 11.3 Å². The number of carbonyl (C=O) groups excluding carboxylic acids is 1. The molecule has 0 radical (unpaired) electrons. The minimum absolute atomic E-state index is 0.0854. The molecule has 0 aliphatic heterocycles. The van der Waals surface area contributed by atoms with Crippen molar-refractivity contribution < 1.29 is 14.3 Å². The Hall–Kier alpha value is -3.85. The summed E-state index contributed by atoms with van der Waals surface area (Å²) in [6.07, 6.45) is 0.543. The van der Waals surface area contributed by atoms with Gasteiger partial charge in [0, 0.05) is 0 Å². The van der Waals surface area contributed by atoms with Crippen molar-refractivity contribution in [2.75, 3.05) is 24.4 Å². The van der Waals surface area contributed by atoms with Gasteiger partial charge in [-0.25, -0.2) is 10.8 Å². The van der Waals surface area contributed by atoms with Gasteiger partial charge in [-0.2, -0.15) is 0 Å². The molecule has 2 aromatic carbocycles. The Labute approximate surface area is 198 Å². The van der Waals surface area contributed by atoms with E-state index in [1.807, 2.05) is 63.2 Å². The summed E-state index contributed by atoms with van der Waals surface area (Å²) < 4.78 is 11.1. The first-order chi connectivity index (χ1) is 16.2. The molecule has 1 heterocycles. The van der Waals surface area contributed by atoms with Crippen molar-refractivity contribution in [3.63, 3.8) is 0 Å². The van der Waals surface area contributed by atoms with E-state index in [-0.39, 0.29) is 23.3 Å². The van der Waals surface area contributed by atoms with Gasteiger partial charge >= 0.3 is 5.97 Å². The monoisotopic (exact) mass is 465 g/mol. The maximum absolute atomic E-state index is 12.3. The summed E-state index contributed by atoms with van der Waals surface area (Å²) in [6, 6.07) is 13.6. The van der Waals surface area contributed by atoms with E-state index < -0.39 is 11.0 Å². The number of nitrogen functional groups attached to an aromatic ring is 2. The van der Waals surface area contributed by atoms with E-state index in [2.05, 4.69) is 15.4 Å². The number of ether oxygens (including phenoxy) is 2. The molecule has 3 aromatic rings. The van der Waals surface area contributed by atoms with Gasteiger partial charge in [0.2, 0.25) is 0 Å². The summed E-state index contributed by atoms with van der Waals surface area (Å²) in [7, 11) is 0. The molecule has 0 atom stereocenters. The van der Waals surface area contributed by atoms with E-state index in [4.69, 9.17) is 21.1 Å². The van der Waals surface area contributed by atoms with E-state index in [1.54, 1.807) is 6.92 Å². The Kier molecular flexibility index (Phi) is 7.57. The van der Waals surface area contributed by atoms with Crippen LogP contribution < -0.4 is 27.3 Å². The van der Waals surface area contributed by atoms with Crippen LogP contribution in [0.2, 0.25) is 0 Å². The van der Waals surface area contributed by atoms with Gasteiger partial charge in [0.25, 0.3) is 5.56 Å². The Balaban J connectivity index is 1.99. The van der Waals surface area contributed by atoms with Crippen LogP contribution in [0.5, 0.6) is 5.75 Å². The maximum Gasteiger partial charge on any atom is 0.311 e. The lowest BCUT2D eigenvalue weighted by molar-refractivity contribution is -0.153. The number of rotatable bonds is 9. The molecule has 9 nitrogen and oxygen atoms in total. The molecule has 0 aliphatic carbocycles. The predicted octanol–water partition coefficient (Wildman–Crippen LogP) is 3.50. The highest BCUT2D eigenvalue weighted by atomic mass is 16.5. The van der Waals surface area contributed by atoms with Gasteiger partial charge in [-0.3, -0.25) is 9.59 Å². The van der Waals surface area contributed by atoms with E-state index >= 15 is 0 Å². The lowest BCUT2D eigenvalue weighted by atomic mass is 9.85. The van der Waals surface area contributed by atoms with E-state index in [9.17, 15) is 9.59 Å². The second-order valence-electron chi connectivity index (χ2n) is 8.45. The molecule has 0 bridgehead atoms. The number of aromatic amines is 1. The zero-order valence-corrected chi connectivity index (χ0v) is 19.9. The number of carbonyl (C=O) groups is 1. The summed E-state index contributed by atoms with van der Waals surface area (Å²) in [6.45, 7) is 8.21. The molecule has 9 heteroatoms.